The van der Waals surface area contributed by atoms with E-state index in [4.69, 9.17) is 5.73 Å². The zero-order chi connectivity index (χ0) is 7.40. The summed E-state index contributed by atoms with van der Waals surface area (Å²) >= 11 is 0. The van der Waals surface area contributed by atoms with Crippen molar-refractivity contribution >= 4 is 0 Å². The molecule has 0 aliphatic rings. The molecule has 0 radical (unpaired) electrons. The van der Waals surface area contributed by atoms with Gasteiger partial charge in [0.05, 0.1) is 11.4 Å². The zero-order valence-electron chi connectivity index (χ0n) is 6.09. The Balaban J connectivity index is 2.70. The molecule has 10 heavy (non-hydrogen) atoms. The zero-order valence-corrected chi connectivity index (χ0v) is 6.09. The first kappa shape index (κ1) is 7.21. The van der Waals surface area contributed by atoms with Gasteiger partial charge in [-0.05, 0) is 6.42 Å². The second-order valence-corrected chi connectivity index (χ2v) is 2.19. The molecule has 1 aromatic heterocycles. The van der Waals surface area contributed by atoms with Crippen LogP contribution in [0, 0.1) is 0 Å². The van der Waals surface area contributed by atoms with Gasteiger partial charge in [-0.3, -0.25) is 5.10 Å². The standard InChI is InChI=1S/C6H12N4/c1-2-3-5-6(4-7)9-10-8-5/h2-4,7H2,1H3,(H,8,9,10). The molecule has 0 fully saturated rings. The van der Waals surface area contributed by atoms with Gasteiger partial charge in [0.25, 0.3) is 0 Å². The third-order valence-corrected chi connectivity index (χ3v) is 1.40. The predicted octanol–water partition coefficient (Wildman–Crippen LogP) is 0.216. The molecule has 1 heterocycles. The topological polar surface area (TPSA) is 67.6 Å². The van der Waals surface area contributed by atoms with E-state index in [9.17, 15) is 0 Å². The highest BCUT2D eigenvalue weighted by molar-refractivity contribution is 5.07. The van der Waals surface area contributed by atoms with E-state index in [1.165, 1.54) is 0 Å². The second-order valence-electron chi connectivity index (χ2n) is 2.19. The van der Waals surface area contributed by atoms with Crippen LogP contribution in [0.1, 0.15) is 24.7 Å². The van der Waals surface area contributed by atoms with E-state index in [0.29, 0.717) is 6.54 Å². The van der Waals surface area contributed by atoms with Crippen LogP contribution in [0.5, 0.6) is 0 Å². The van der Waals surface area contributed by atoms with Gasteiger partial charge >= 0.3 is 0 Å². The number of aromatic amines is 1. The third kappa shape index (κ3) is 1.33. The van der Waals surface area contributed by atoms with Gasteiger partial charge in [0.15, 0.2) is 0 Å². The summed E-state index contributed by atoms with van der Waals surface area (Å²) in [5.41, 5.74) is 7.37. The lowest BCUT2D eigenvalue weighted by molar-refractivity contribution is 0.849. The lowest BCUT2D eigenvalue weighted by Crippen LogP contribution is -2.00. The number of aryl methyl sites for hydroxylation is 1. The molecule has 0 saturated heterocycles. The molecule has 4 nitrogen and oxygen atoms in total. The molecule has 0 atom stereocenters. The first-order valence-corrected chi connectivity index (χ1v) is 3.47. The lowest BCUT2D eigenvalue weighted by Gasteiger charge is -1.93. The van der Waals surface area contributed by atoms with Crippen LogP contribution in [0.15, 0.2) is 0 Å². The number of nitrogens with zero attached hydrogens (tertiary/aromatic N) is 2. The lowest BCUT2D eigenvalue weighted by atomic mass is 10.2. The summed E-state index contributed by atoms with van der Waals surface area (Å²) in [4.78, 5) is 0. The highest BCUT2D eigenvalue weighted by Crippen LogP contribution is 2.01. The number of rotatable bonds is 3. The van der Waals surface area contributed by atoms with Crippen LogP contribution in [-0.2, 0) is 13.0 Å². The normalized spacial score (nSPS) is 10.2. The van der Waals surface area contributed by atoms with Crippen molar-refractivity contribution in [2.75, 3.05) is 0 Å². The largest absolute Gasteiger partial charge is 0.325 e. The quantitative estimate of drug-likeness (QED) is 0.631. The van der Waals surface area contributed by atoms with Crippen molar-refractivity contribution in [1.29, 1.82) is 0 Å². The summed E-state index contributed by atoms with van der Waals surface area (Å²) in [6, 6.07) is 0. The molecule has 0 aliphatic heterocycles. The highest BCUT2D eigenvalue weighted by Gasteiger charge is 2.01. The molecule has 1 rings (SSSR count). The van der Waals surface area contributed by atoms with Gasteiger partial charge in [-0.2, -0.15) is 0 Å². The molecule has 1 aromatic rings. The van der Waals surface area contributed by atoms with Crippen LogP contribution in [0.3, 0.4) is 0 Å². The van der Waals surface area contributed by atoms with Crippen molar-refractivity contribution < 1.29 is 0 Å². The van der Waals surface area contributed by atoms with Crippen molar-refractivity contribution in [2.45, 2.75) is 26.3 Å². The monoisotopic (exact) mass is 140 g/mol. The summed E-state index contributed by atoms with van der Waals surface area (Å²) in [6.45, 7) is 2.59. The Kier molecular flexibility index (Phi) is 2.39. The molecule has 0 amide bonds. The molecule has 0 aliphatic carbocycles. The van der Waals surface area contributed by atoms with E-state index in [1.54, 1.807) is 0 Å². The molecule has 0 aromatic carbocycles. The minimum Gasteiger partial charge on any atom is -0.325 e. The van der Waals surface area contributed by atoms with Crippen LogP contribution >= 0.6 is 0 Å². The number of H-pyrrole nitrogens is 1. The van der Waals surface area contributed by atoms with Crippen LogP contribution in [-0.4, -0.2) is 15.4 Å². The van der Waals surface area contributed by atoms with E-state index in [0.717, 1.165) is 24.2 Å². The number of nitrogens with two attached hydrogens (primary N) is 1. The second kappa shape index (κ2) is 3.31. The highest BCUT2D eigenvalue weighted by atomic mass is 15.3. The maximum atomic E-state index is 5.40. The molecule has 4 heteroatoms. The van der Waals surface area contributed by atoms with E-state index in [-0.39, 0.29) is 0 Å². The Morgan fingerprint density at radius 2 is 2.40 bits per heavy atom. The van der Waals surface area contributed by atoms with Crippen LogP contribution < -0.4 is 5.73 Å². The van der Waals surface area contributed by atoms with Crippen molar-refractivity contribution in [3.8, 4) is 0 Å². The average Bonchev–Trinajstić information content (AvgIpc) is 2.36. The molecule has 0 saturated carbocycles. The number of hydrogen-bond acceptors (Lipinski definition) is 3. The molecule has 0 unspecified atom stereocenters. The smallest absolute Gasteiger partial charge is 0.0991 e. The summed E-state index contributed by atoms with van der Waals surface area (Å²) < 4.78 is 0. The Morgan fingerprint density at radius 3 is 3.00 bits per heavy atom. The molecule has 3 N–H and O–H groups in total. The van der Waals surface area contributed by atoms with Crippen LogP contribution in [0.4, 0.5) is 0 Å². The van der Waals surface area contributed by atoms with Crippen molar-refractivity contribution in [2.24, 2.45) is 5.73 Å². The maximum Gasteiger partial charge on any atom is 0.0991 e. The number of aromatic nitrogens is 3. The van der Waals surface area contributed by atoms with Gasteiger partial charge in [-0.25, -0.2) is 0 Å². The summed E-state index contributed by atoms with van der Waals surface area (Å²) in [5.74, 6) is 0. The van der Waals surface area contributed by atoms with Gasteiger partial charge in [-0.15, -0.1) is 5.10 Å². The third-order valence-electron chi connectivity index (χ3n) is 1.40. The molecular weight excluding hydrogens is 128 g/mol. The summed E-state index contributed by atoms with van der Waals surface area (Å²) in [7, 11) is 0. The summed E-state index contributed by atoms with van der Waals surface area (Å²) in [6.07, 6.45) is 2.08. The van der Waals surface area contributed by atoms with E-state index < -0.39 is 0 Å². The Labute approximate surface area is 59.8 Å². The van der Waals surface area contributed by atoms with Crippen LogP contribution in [0.2, 0.25) is 0 Å². The fourth-order valence-electron chi connectivity index (χ4n) is 0.885. The molecular formula is C6H12N4. The maximum absolute atomic E-state index is 5.40. The van der Waals surface area contributed by atoms with Crippen LogP contribution in [0.25, 0.3) is 0 Å². The van der Waals surface area contributed by atoms with Crippen molar-refractivity contribution in [3.63, 3.8) is 0 Å². The first-order chi connectivity index (χ1) is 4.88. The van der Waals surface area contributed by atoms with Gasteiger partial charge in [0.2, 0.25) is 0 Å². The predicted molar refractivity (Wildman–Crippen MR) is 38.3 cm³/mol. The number of hydrogen-bond donors (Lipinski definition) is 2. The van der Waals surface area contributed by atoms with E-state index >= 15 is 0 Å². The minimum absolute atomic E-state index is 0.478. The first-order valence-electron chi connectivity index (χ1n) is 3.47. The fraction of sp³-hybridized carbons (Fsp3) is 0.667. The van der Waals surface area contributed by atoms with E-state index in [1.807, 2.05) is 0 Å². The molecule has 0 spiro atoms. The summed E-state index contributed by atoms with van der Waals surface area (Å²) in [5, 5.41) is 10.3. The number of nitrogens with one attached hydrogen (secondary N) is 1. The Morgan fingerprint density at radius 1 is 1.60 bits per heavy atom. The van der Waals surface area contributed by atoms with Gasteiger partial charge in [0, 0.05) is 6.54 Å². The average molecular weight is 140 g/mol. The Hall–Kier alpha value is -0.900. The molecule has 56 valence electrons. The van der Waals surface area contributed by atoms with E-state index in [2.05, 4.69) is 22.3 Å². The van der Waals surface area contributed by atoms with Crippen molar-refractivity contribution in [1.82, 2.24) is 15.4 Å². The van der Waals surface area contributed by atoms with Gasteiger partial charge < -0.3 is 5.73 Å². The van der Waals surface area contributed by atoms with Crippen molar-refractivity contribution in [3.05, 3.63) is 11.4 Å². The van der Waals surface area contributed by atoms with Gasteiger partial charge in [0.1, 0.15) is 0 Å². The minimum atomic E-state index is 0.478. The fourth-order valence-corrected chi connectivity index (χ4v) is 0.885. The molecule has 0 bridgehead atoms. The Bertz CT molecular complexity index is 193. The SMILES string of the molecule is CCCc1[nH]nnc1CN. The van der Waals surface area contributed by atoms with Gasteiger partial charge in [-0.1, -0.05) is 18.6 Å².